The van der Waals surface area contributed by atoms with Crippen LogP contribution in [0.15, 0.2) is 280 Å². The molecule has 0 aliphatic rings. The number of aromatic nitrogens is 12. The number of H-pyrrole nitrogens is 4. The Labute approximate surface area is 603 Å². The quantitative estimate of drug-likeness (QED) is 0.0420. The predicted octanol–water partition coefficient (Wildman–Crippen LogP) is 20.7. The van der Waals surface area contributed by atoms with Gasteiger partial charge in [-0.1, -0.05) is 54.1 Å². The summed E-state index contributed by atoms with van der Waals surface area (Å²) in [5, 5.41) is 0. The number of aryl methyl sites for hydroxylation is 2. The Morgan fingerprint density at radius 3 is 1.05 bits per heavy atom. The van der Waals surface area contributed by atoms with E-state index in [-0.39, 0.29) is 29.1 Å². The first-order chi connectivity index (χ1) is 50.2. The molecule has 0 unspecified atom stereocenters. The summed E-state index contributed by atoms with van der Waals surface area (Å²) >= 11 is 2.08. The standard InChI is InChI=1S/C22H18FN3O.C21H16FN3.C20H12F2IN3.C20H15FN4/c1-14-3-8-19(27-2)18(13-14)22-25-20(15-4-6-17(23)7-5-15)21(26-22)16-9-11-24-12-10-16;1-14-4-2-3-5-18(14)21-24-19(15-6-8-17(22)9-7-15)20(25-21)16-10-12-23-13-11-16;21-14-6-4-12(5-7-14)18-19(13-8-10-24-11-9-13)26-20(25-18)17-15(22)2-1-3-16(17)23;21-15-7-5-13(6-8-15)18-19(14-9-11-23-12-10-14)25-20(24-18)16-3-1-2-4-17(16)22/h3-13H,1-2H3,(H,25,26);2-13H,1H3,(H,24,25);1-11H,(H,25,26);1-12H,22H2,(H,24,25). The molecule has 8 aromatic carbocycles. The molecule has 506 valence electrons. The van der Waals surface area contributed by atoms with Gasteiger partial charge in [0.05, 0.1) is 63.8 Å². The Hall–Kier alpha value is -12.8. The summed E-state index contributed by atoms with van der Waals surface area (Å²) in [5.74, 6) is 1.84. The van der Waals surface area contributed by atoms with Crippen LogP contribution < -0.4 is 10.5 Å². The van der Waals surface area contributed by atoms with Crippen LogP contribution in [0.2, 0.25) is 0 Å². The van der Waals surface area contributed by atoms with Crippen molar-refractivity contribution in [2.75, 3.05) is 12.8 Å². The van der Waals surface area contributed by atoms with E-state index in [4.69, 9.17) is 25.4 Å². The number of rotatable bonds is 13. The number of nitrogens with zero attached hydrogens (tertiary/aromatic N) is 8. The van der Waals surface area contributed by atoms with Crippen molar-refractivity contribution in [2.24, 2.45) is 0 Å². The molecule has 0 saturated carbocycles. The molecule has 20 heteroatoms. The highest BCUT2D eigenvalue weighted by Gasteiger charge is 2.23. The number of nitrogens with two attached hydrogens (primary N) is 1. The van der Waals surface area contributed by atoms with Crippen molar-refractivity contribution in [3.8, 4) is 141 Å². The lowest BCUT2D eigenvalue weighted by Crippen LogP contribution is -1.90. The van der Waals surface area contributed by atoms with Crippen LogP contribution >= 0.6 is 22.6 Å². The lowest BCUT2D eigenvalue weighted by atomic mass is 10.1. The molecule has 0 atom stereocenters. The summed E-state index contributed by atoms with van der Waals surface area (Å²) in [5.41, 5.74) is 25.4. The van der Waals surface area contributed by atoms with Crippen LogP contribution in [0.25, 0.3) is 136 Å². The Bertz CT molecular complexity index is 5340. The third-order valence-electron chi connectivity index (χ3n) is 16.6. The lowest BCUT2D eigenvalue weighted by Gasteiger charge is -2.07. The fraction of sp³-hybridized carbons (Fsp3) is 0.0361. The van der Waals surface area contributed by atoms with Crippen molar-refractivity contribution in [1.82, 2.24) is 59.8 Å². The Morgan fingerprint density at radius 1 is 0.340 bits per heavy atom. The van der Waals surface area contributed by atoms with Gasteiger partial charge in [0.25, 0.3) is 0 Å². The second kappa shape index (κ2) is 31.6. The van der Waals surface area contributed by atoms with Crippen LogP contribution in [0.5, 0.6) is 5.75 Å². The SMILES string of the molecule is COc1ccc(C)cc1-c1nc(-c2ccc(F)cc2)c(-c2ccncc2)[nH]1.Cc1ccccc1-c1nc(-c2ccc(F)cc2)c(-c2ccncc2)[nH]1.Fc1ccc(-c2nc(-c3c(F)cccc3I)[nH]c2-c2ccncc2)cc1.Nc1ccccc1-c1nc(-c2ccc(F)cc2)c(-c2ccncc2)[nH]1. The number of aromatic amines is 4. The highest BCUT2D eigenvalue weighted by atomic mass is 127. The number of pyridine rings is 4. The minimum absolute atomic E-state index is 0.260. The van der Waals surface area contributed by atoms with Gasteiger partial charge in [0.1, 0.15) is 58.1 Å². The summed E-state index contributed by atoms with van der Waals surface area (Å²) in [6.45, 7) is 4.08. The molecule has 14 nitrogen and oxygen atoms in total. The fourth-order valence-electron chi connectivity index (χ4n) is 11.5. The number of methoxy groups -OCH3 is 1. The average Bonchev–Trinajstić information content (AvgIpc) is 1.66. The monoisotopic (exact) mass is 1480 g/mol. The van der Waals surface area contributed by atoms with Gasteiger partial charge in [-0.15, -0.1) is 0 Å². The Kier molecular flexibility index (Phi) is 21.1. The number of hydrogen-bond acceptors (Lipinski definition) is 10. The molecule has 0 radical (unpaired) electrons. The van der Waals surface area contributed by atoms with Crippen LogP contribution in [0, 0.1) is 46.5 Å². The molecule has 8 aromatic heterocycles. The molecule has 0 spiro atoms. The highest BCUT2D eigenvalue weighted by Crippen LogP contribution is 2.40. The maximum Gasteiger partial charge on any atom is 0.142 e. The summed E-state index contributed by atoms with van der Waals surface area (Å²) in [6, 6.07) is 66.8. The number of imidazole rings is 4. The van der Waals surface area contributed by atoms with Crippen LogP contribution in [-0.2, 0) is 0 Å². The molecule has 16 rings (SSSR count). The topological polar surface area (TPSA) is 202 Å². The van der Waals surface area contributed by atoms with Crippen molar-refractivity contribution in [1.29, 1.82) is 0 Å². The number of anilines is 1. The van der Waals surface area contributed by atoms with Gasteiger partial charge in [-0.3, -0.25) is 19.9 Å². The van der Waals surface area contributed by atoms with E-state index in [2.05, 4.69) is 80.4 Å². The van der Waals surface area contributed by atoms with Crippen molar-refractivity contribution in [3.63, 3.8) is 0 Å². The first-order valence-corrected chi connectivity index (χ1v) is 33.4. The molecule has 0 aliphatic heterocycles. The third kappa shape index (κ3) is 15.9. The number of nitrogens with one attached hydrogen (secondary N) is 4. The molecule has 0 fully saturated rings. The summed E-state index contributed by atoms with van der Waals surface area (Å²) in [6.07, 6.45) is 13.8. The van der Waals surface area contributed by atoms with E-state index in [0.29, 0.717) is 34.4 Å². The van der Waals surface area contributed by atoms with E-state index in [1.807, 2.05) is 122 Å². The van der Waals surface area contributed by atoms with Crippen LogP contribution in [0.1, 0.15) is 11.1 Å². The zero-order chi connectivity index (χ0) is 71.3. The van der Waals surface area contributed by atoms with Crippen molar-refractivity contribution in [2.45, 2.75) is 13.8 Å². The lowest BCUT2D eigenvalue weighted by molar-refractivity contribution is 0.416. The van der Waals surface area contributed by atoms with E-state index in [1.54, 1.807) is 111 Å². The molecule has 6 N–H and O–H groups in total. The number of hydrogen-bond donors (Lipinski definition) is 5. The number of nitrogen functional groups attached to an aromatic ring is 1. The first-order valence-electron chi connectivity index (χ1n) is 32.3. The van der Waals surface area contributed by atoms with Gasteiger partial charge in [0.15, 0.2) is 0 Å². The van der Waals surface area contributed by atoms with E-state index < -0.39 is 0 Å². The van der Waals surface area contributed by atoms with Gasteiger partial charge < -0.3 is 30.4 Å². The number of ether oxygens (including phenoxy) is 1. The molecule has 0 amide bonds. The Balaban J connectivity index is 0.000000122. The largest absolute Gasteiger partial charge is 0.496 e. The van der Waals surface area contributed by atoms with Gasteiger partial charge in [0, 0.05) is 114 Å². The van der Waals surface area contributed by atoms with E-state index in [1.165, 1.54) is 54.6 Å². The van der Waals surface area contributed by atoms with E-state index >= 15 is 0 Å². The summed E-state index contributed by atoms with van der Waals surface area (Å²) in [4.78, 5) is 48.7. The Morgan fingerprint density at radius 2 is 0.680 bits per heavy atom. The second-order valence-corrected chi connectivity index (χ2v) is 24.6. The zero-order valence-electron chi connectivity index (χ0n) is 55.4. The van der Waals surface area contributed by atoms with Crippen LogP contribution in [0.4, 0.5) is 27.6 Å². The van der Waals surface area contributed by atoms with E-state index in [0.717, 1.165) is 127 Å². The highest BCUT2D eigenvalue weighted by molar-refractivity contribution is 14.1. The second-order valence-electron chi connectivity index (χ2n) is 23.4. The fourth-order valence-corrected chi connectivity index (χ4v) is 12.2. The minimum atomic E-state index is -0.349. The van der Waals surface area contributed by atoms with Crippen LogP contribution in [-0.4, -0.2) is 66.9 Å². The zero-order valence-corrected chi connectivity index (χ0v) is 57.5. The van der Waals surface area contributed by atoms with Gasteiger partial charge in [-0.25, -0.2) is 41.9 Å². The molecular formula is C83H61F5IN13O. The van der Waals surface area contributed by atoms with Crippen LogP contribution in [0.3, 0.4) is 0 Å². The van der Waals surface area contributed by atoms with Crippen molar-refractivity contribution in [3.05, 3.63) is 324 Å². The van der Waals surface area contributed by atoms with E-state index in [9.17, 15) is 22.0 Å². The van der Waals surface area contributed by atoms with Crippen molar-refractivity contribution >= 4 is 28.3 Å². The molecule has 103 heavy (non-hydrogen) atoms. The van der Waals surface area contributed by atoms with Gasteiger partial charge in [-0.2, -0.15) is 0 Å². The van der Waals surface area contributed by atoms with Crippen molar-refractivity contribution < 1.29 is 26.7 Å². The summed E-state index contributed by atoms with van der Waals surface area (Å²) < 4.78 is 74.0. The maximum absolute atomic E-state index is 14.4. The predicted molar refractivity (Wildman–Crippen MR) is 404 cm³/mol. The normalized spacial score (nSPS) is 10.8. The number of benzene rings is 8. The maximum atomic E-state index is 14.4. The van der Waals surface area contributed by atoms with Gasteiger partial charge in [-0.05, 0) is 224 Å². The number of halogens is 6. The number of para-hydroxylation sites is 1. The smallest absolute Gasteiger partial charge is 0.142 e. The molecule has 8 heterocycles. The molecule has 0 bridgehead atoms. The third-order valence-corrected chi connectivity index (χ3v) is 17.5. The van der Waals surface area contributed by atoms with Gasteiger partial charge in [0.2, 0.25) is 0 Å². The molecular weight excluding hydrogens is 1420 g/mol. The average molecular weight is 1480 g/mol. The molecule has 0 saturated heterocycles. The summed E-state index contributed by atoms with van der Waals surface area (Å²) in [7, 11) is 1.64. The van der Waals surface area contributed by atoms with Gasteiger partial charge >= 0.3 is 0 Å². The first kappa shape index (κ1) is 68.7. The molecule has 0 aliphatic carbocycles. The molecule has 16 aromatic rings. The minimum Gasteiger partial charge on any atom is -0.496 e.